The number of nitrogens with one attached hydrogen (secondary N) is 2. The van der Waals surface area contributed by atoms with E-state index in [0.717, 1.165) is 17.7 Å². The summed E-state index contributed by atoms with van der Waals surface area (Å²) in [7, 11) is 0. The number of rotatable bonds is 4. The maximum atomic E-state index is 13.1. The van der Waals surface area contributed by atoms with E-state index in [9.17, 15) is 18.4 Å². The lowest BCUT2D eigenvalue weighted by atomic mass is 10.1. The summed E-state index contributed by atoms with van der Waals surface area (Å²) in [4.78, 5) is 25.5. The van der Waals surface area contributed by atoms with Gasteiger partial charge in [0.1, 0.15) is 0 Å². The standard InChI is InChI=1S/C16H12F2N2O3/c17-11-3-2-10(8-12(11)18)15(21)19-6-5-9-1-4-13-14(7-9)23-16(22)20-13/h1-4,7-8H,5-6H2,(H,19,21)(H,20,22). The van der Waals surface area contributed by atoms with Crippen molar-refractivity contribution in [2.45, 2.75) is 6.42 Å². The highest BCUT2D eigenvalue weighted by molar-refractivity contribution is 5.94. The maximum absolute atomic E-state index is 13.1. The minimum absolute atomic E-state index is 0.0518. The van der Waals surface area contributed by atoms with Crippen LogP contribution in [0.5, 0.6) is 0 Å². The summed E-state index contributed by atoms with van der Waals surface area (Å²) < 4.78 is 30.9. The predicted octanol–water partition coefficient (Wildman–Crippen LogP) is 2.37. The maximum Gasteiger partial charge on any atom is 0.417 e. The summed E-state index contributed by atoms with van der Waals surface area (Å²) in [6.07, 6.45) is 0.500. The molecule has 0 aliphatic rings. The Balaban J connectivity index is 1.62. The van der Waals surface area contributed by atoms with Crippen molar-refractivity contribution in [1.29, 1.82) is 0 Å². The molecular weight excluding hydrogens is 306 g/mol. The molecule has 2 N–H and O–H groups in total. The van der Waals surface area contributed by atoms with Crippen LogP contribution >= 0.6 is 0 Å². The predicted molar refractivity (Wildman–Crippen MR) is 79.2 cm³/mol. The number of carbonyl (C=O) groups excluding carboxylic acids is 1. The van der Waals surface area contributed by atoms with Crippen molar-refractivity contribution in [3.63, 3.8) is 0 Å². The fourth-order valence-electron chi connectivity index (χ4n) is 2.21. The minimum Gasteiger partial charge on any atom is -0.408 e. The van der Waals surface area contributed by atoms with Gasteiger partial charge in [0.05, 0.1) is 5.52 Å². The molecule has 0 atom stereocenters. The summed E-state index contributed by atoms with van der Waals surface area (Å²) in [6, 6.07) is 8.20. The number of aromatic amines is 1. The average Bonchev–Trinajstić information content (AvgIpc) is 2.89. The lowest BCUT2D eigenvalue weighted by molar-refractivity contribution is 0.0953. The Morgan fingerprint density at radius 2 is 1.96 bits per heavy atom. The molecule has 0 saturated carbocycles. The molecule has 0 bridgehead atoms. The molecule has 3 aromatic rings. The third-order valence-corrected chi connectivity index (χ3v) is 3.37. The Morgan fingerprint density at radius 3 is 2.74 bits per heavy atom. The Hall–Kier alpha value is -2.96. The van der Waals surface area contributed by atoms with Crippen molar-refractivity contribution in [2.24, 2.45) is 0 Å². The Labute approximate surface area is 128 Å². The van der Waals surface area contributed by atoms with Gasteiger partial charge in [0, 0.05) is 12.1 Å². The van der Waals surface area contributed by atoms with E-state index < -0.39 is 23.3 Å². The van der Waals surface area contributed by atoms with Crippen LogP contribution in [0.15, 0.2) is 45.6 Å². The van der Waals surface area contributed by atoms with Gasteiger partial charge >= 0.3 is 5.76 Å². The number of halogens is 2. The Kier molecular flexibility index (Phi) is 3.92. The molecule has 0 saturated heterocycles. The van der Waals surface area contributed by atoms with Crippen LogP contribution in [0.25, 0.3) is 11.1 Å². The van der Waals surface area contributed by atoms with Gasteiger partial charge in [0.15, 0.2) is 17.2 Å². The second kappa shape index (κ2) is 6.04. The number of hydrogen-bond acceptors (Lipinski definition) is 3. The van der Waals surface area contributed by atoms with Gasteiger partial charge in [-0.25, -0.2) is 13.6 Å². The molecule has 0 spiro atoms. The van der Waals surface area contributed by atoms with Crippen LogP contribution in [-0.4, -0.2) is 17.4 Å². The Morgan fingerprint density at radius 1 is 1.13 bits per heavy atom. The van der Waals surface area contributed by atoms with Crippen LogP contribution in [0.2, 0.25) is 0 Å². The first-order valence-corrected chi connectivity index (χ1v) is 6.88. The lowest BCUT2D eigenvalue weighted by Crippen LogP contribution is -2.25. The van der Waals surface area contributed by atoms with E-state index in [2.05, 4.69) is 10.3 Å². The van der Waals surface area contributed by atoms with E-state index in [1.54, 1.807) is 18.2 Å². The number of aromatic nitrogens is 1. The Bertz CT molecular complexity index is 930. The number of hydrogen-bond donors (Lipinski definition) is 2. The van der Waals surface area contributed by atoms with E-state index in [-0.39, 0.29) is 5.56 Å². The molecule has 0 unspecified atom stereocenters. The van der Waals surface area contributed by atoms with Gasteiger partial charge in [-0.05, 0) is 42.3 Å². The molecule has 23 heavy (non-hydrogen) atoms. The number of amides is 1. The van der Waals surface area contributed by atoms with Gasteiger partial charge < -0.3 is 9.73 Å². The second-order valence-corrected chi connectivity index (χ2v) is 4.98. The highest BCUT2D eigenvalue weighted by Crippen LogP contribution is 2.13. The van der Waals surface area contributed by atoms with Gasteiger partial charge in [-0.15, -0.1) is 0 Å². The third kappa shape index (κ3) is 3.28. The molecule has 118 valence electrons. The number of fused-ring (bicyclic) bond motifs is 1. The largest absolute Gasteiger partial charge is 0.417 e. The van der Waals surface area contributed by atoms with Crippen molar-refractivity contribution < 1.29 is 18.0 Å². The van der Waals surface area contributed by atoms with Gasteiger partial charge in [0.2, 0.25) is 0 Å². The SMILES string of the molecule is O=C(NCCc1ccc2[nH]c(=O)oc2c1)c1ccc(F)c(F)c1. The quantitative estimate of drug-likeness (QED) is 0.775. The first kappa shape index (κ1) is 15.0. The zero-order valence-corrected chi connectivity index (χ0v) is 11.9. The molecule has 0 fully saturated rings. The van der Waals surface area contributed by atoms with Crippen LogP contribution in [-0.2, 0) is 6.42 Å². The summed E-state index contributed by atoms with van der Waals surface area (Å²) in [5, 5.41) is 2.62. The molecule has 0 aliphatic heterocycles. The summed E-state index contributed by atoms with van der Waals surface area (Å²) in [6.45, 7) is 0.304. The van der Waals surface area contributed by atoms with Gasteiger partial charge in [-0.1, -0.05) is 6.07 Å². The van der Waals surface area contributed by atoms with Crippen molar-refractivity contribution in [3.8, 4) is 0 Å². The van der Waals surface area contributed by atoms with Crippen LogP contribution in [0, 0.1) is 11.6 Å². The normalized spacial score (nSPS) is 10.9. The molecule has 7 heteroatoms. The highest BCUT2D eigenvalue weighted by atomic mass is 19.2. The zero-order valence-electron chi connectivity index (χ0n) is 11.9. The van der Waals surface area contributed by atoms with Crippen LogP contribution < -0.4 is 11.1 Å². The molecule has 3 rings (SSSR count). The van der Waals surface area contributed by atoms with Crippen molar-refractivity contribution in [2.75, 3.05) is 6.54 Å². The van der Waals surface area contributed by atoms with E-state index >= 15 is 0 Å². The van der Waals surface area contributed by atoms with Crippen LogP contribution in [0.3, 0.4) is 0 Å². The van der Waals surface area contributed by atoms with Crippen molar-refractivity contribution in [3.05, 3.63) is 69.7 Å². The van der Waals surface area contributed by atoms with Crippen LogP contribution in [0.4, 0.5) is 8.78 Å². The van der Waals surface area contributed by atoms with Gasteiger partial charge in [-0.2, -0.15) is 0 Å². The van der Waals surface area contributed by atoms with Crippen LogP contribution in [0.1, 0.15) is 15.9 Å². The molecule has 5 nitrogen and oxygen atoms in total. The monoisotopic (exact) mass is 318 g/mol. The van der Waals surface area contributed by atoms with Gasteiger partial charge in [0.25, 0.3) is 5.91 Å². The second-order valence-electron chi connectivity index (χ2n) is 4.98. The topological polar surface area (TPSA) is 75.1 Å². The molecule has 1 heterocycles. The fraction of sp³-hybridized carbons (Fsp3) is 0.125. The first-order valence-electron chi connectivity index (χ1n) is 6.88. The molecule has 0 radical (unpaired) electrons. The summed E-state index contributed by atoms with van der Waals surface area (Å²) in [5.41, 5.74) is 1.96. The van der Waals surface area contributed by atoms with E-state index in [1.807, 2.05) is 0 Å². The molecular formula is C16H12F2N2O3. The lowest BCUT2D eigenvalue weighted by Gasteiger charge is -2.06. The van der Waals surface area contributed by atoms with E-state index in [0.29, 0.717) is 24.1 Å². The van der Waals surface area contributed by atoms with Gasteiger partial charge in [-0.3, -0.25) is 9.78 Å². The molecule has 2 aromatic carbocycles. The highest BCUT2D eigenvalue weighted by Gasteiger charge is 2.09. The first-order chi connectivity index (χ1) is 11.0. The van der Waals surface area contributed by atoms with Crippen molar-refractivity contribution >= 4 is 17.0 Å². The zero-order chi connectivity index (χ0) is 16.4. The van der Waals surface area contributed by atoms with Crippen molar-refractivity contribution in [1.82, 2.24) is 10.3 Å². The minimum atomic E-state index is -1.06. The van der Waals surface area contributed by atoms with E-state index in [1.165, 1.54) is 6.07 Å². The molecule has 0 aliphatic carbocycles. The van der Waals surface area contributed by atoms with E-state index in [4.69, 9.17) is 4.42 Å². The smallest absolute Gasteiger partial charge is 0.408 e. The average molecular weight is 318 g/mol. The molecule has 1 amide bonds. The summed E-state index contributed by atoms with van der Waals surface area (Å²) >= 11 is 0. The number of carbonyl (C=O) groups is 1. The third-order valence-electron chi connectivity index (χ3n) is 3.37. The number of H-pyrrole nitrogens is 1. The molecule has 1 aromatic heterocycles. The fourth-order valence-corrected chi connectivity index (χ4v) is 2.21. The number of oxazole rings is 1. The summed E-state index contributed by atoms with van der Waals surface area (Å²) in [5.74, 6) is -3.07. The number of benzene rings is 2.